The van der Waals surface area contributed by atoms with Crippen molar-refractivity contribution < 1.29 is 108 Å². The Hall–Kier alpha value is -3.01. The van der Waals surface area contributed by atoms with E-state index in [2.05, 4.69) is 61.5 Å². The maximum absolute atomic E-state index is 13.5. The molecule has 0 radical (unpaired) electrons. The van der Waals surface area contributed by atoms with Gasteiger partial charge in [-0.15, -0.1) is 0 Å². The van der Waals surface area contributed by atoms with Gasteiger partial charge in [-0.1, -0.05) is 79.2 Å². The first-order valence-electron chi connectivity index (χ1n) is 28.8. The monoisotopic (exact) mass is 1150 g/mol. The van der Waals surface area contributed by atoms with Gasteiger partial charge in [-0.05, 0) is 118 Å². The first-order valence-corrected chi connectivity index (χ1v) is 28.8. The third-order valence-corrected chi connectivity index (χ3v) is 21.8. The number of ether oxygens (including phenoxy) is 8. The standard InChI is InChI=1S/C41H64O6.C18H30O16/c1-13-24(3)34(44)46-32-33(47-35(45)25(4)14-2)41(23-42)28(21-36(32,6)7)27-15-16-30-38(10)19-17-26(5)37(8,9)29(38)18-20-39(30,11)40(27,12)22-31(41)43;1-29-18-14(34-17-10(25)8(23)6(21)4(2-19)30-17)12(11(26)13(33-18)15(27)28)32-16-9(24)7(22)5(3-20)31-16/h13-15,26,28-33,42-43H,16-23H2,1-12H3;4-14,16-26H,2-3H2,1H3,(H,27,28)/b24-13-,25-14-;/t26-,28?,29?,30?,31+,32-,33-,38-,39+,40+,41-;4?,5-,6-,7+,8+,9?,10?,11-,12+,13?,14?,16-,17-,18+/m00/s1. The zero-order valence-corrected chi connectivity index (χ0v) is 49.3. The molecule has 0 bridgehead atoms. The number of aliphatic carboxylic acids is 1. The number of carbonyl (C=O) groups excluding carboxylic acids is 2. The van der Waals surface area contributed by atoms with Crippen LogP contribution in [0, 0.1) is 56.2 Å². The fourth-order valence-electron chi connectivity index (χ4n) is 16.1. The molecule has 22 nitrogen and oxygen atoms in total. The molecule has 7 fully saturated rings. The van der Waals surface area contributed by atoms with Crippen molar-refractivity contribution >= 4 is 17.9 Å². The maximum atomic E-state index is 13.5. The number of methoxy groups -OCH3 is 1. The molecule has 4 saturated carbocycles. The fraction of sp³-hybridized carbons (Fsp3) is 0.847. The van der Waals surface area contributed by atoms with E-state index in [4.69, 9.17) is 37.9 Å². The Labute approximate surface area is 475 Å². The number of rotatable bonds is 13. The van der Waals surface area contributed by atoms with E-state index in [-0.39, 0.29) is 34.2 Å². The summed E-state index contributed by atoms with van der Waals surface area (Å²) in [6, 6.07) is 0. The summed E-state index contributed by atoms with van der Waals surface area (Å²) in [6.45, 7) is 24.2. The van der Waals surface area contributed by atoms with E-state index in [9.17, 15) is 70.6 Å². The number of carbonyl (C=O) groups is 3. The summed E-state index contributed by atoms with van der Waals surface area (Å²) in [5, 5.41) is 113. The van der Waals surface area contributed by atoms with Gasteiger partial charge in [0.05, 0.1) is 31.3 Å². The minimum absolute atomic E-state index is 0.0359. The number of aliphatic hydroxyl groups excluding tert-OH is 10. The van der Waals surface area contributed by atoms with Crippen molar-refractivity contribution in [3.05, 3.63) is 34.9 Å². The van der Waals surface area contributed by atoms with E-state index >= 15 is 0 Å². The lowest BCUT2D eigenvalue weighted by atomic mass is 9.32. The Morgan fingerprint density at radius 2 is 1.20 bits per heavy atom. The SMILES string of the molecule is C/C=C(/C)C(=O)O[C@H]1[C@H](OC(=O)/C(C)=C\C)[C@@]2(CO)C(CC1(C)C)C1=CCC3[C@@]4(C)CC[C@H](C)C(C)(C)C4CC[C@@]3(C)[C@]1(C)C[C@H]2O.CO[C@@H]1OC(C(=O)O)[C@@H](O)[C@@H](O[C@@H]2O[C@@H](CO)[C@@H](O)C2O)C1O[C@@H]1OC(CO)[C@H](O)[C@@H](O)C1O. The first kappa shape index (κ1) is 65.5. The molecule has 462 valence electrons. The van der Waals surface area contributed by atoms with E-state index in [1.54, 1.807) is 39.8 Å². The number of aliphatic hydroxyl groups is 10. The van der Waals surface area contributed by atoms with Gasteiger partial charge in [0.15, 0.2) is 31.1 Å². The Kier molecular flexibility index (Phi) is 19.7. The lowest BCUT2D eigenvalue weighted by Gasteiger charge is -2.72. The molecule has 5 aliphatic carbocycles. The van der Waals surface area contributed by atoms with Gasteiger partial charge in [0.2, 0.25) is 0 Å². The molecule has 81 heavy (non-hydrogen) atoms. The number of hydrogen-bond acceptors (Lipinski definition) is 21. The first-order chi connectivity index (χ1) is 37.8. The second-order valence-electron chi connectivity index (χ2n) is 26.5. The highest BCUT2D eigenvalue weighted by atomic mass is 16.8. The Bertz CT molecular complexity index is 2350. The predicted molar refractivity (Wildman–Crippen MR) is 287 cm³/mol. The molecule has 8 unspecified atom stereocenters. The summed E-state index contributed by atoms with van der Waals surface area (Å²) in [4.78, 5) is 38.4. The molecule has 3 aliphatic heterocycles. The second-order valence-corrected chi connectivity index (χ2v) is 26.5. The van der Waals surface area contributed by atoms with Crippen LogP contribution in [0.25, 0.3) is 0 Å². The zero-order valence-electron chi connectivity index (χ0n) is 49.3. The lowest BCUT2D eigenvalue weighted by Crippen LogP contribution is -2.72. The number of esters is 2. The molecule has 0 aromatic carbocycles. The third-order valence-electron chi connectivity index (χ3n) is 21.8. The number of allylic oxidation sites excluding steroid dienone is 4. The van der Waals surface area contributed by atoms with Gasteiger partial charge in [-0.3, -0.25) is 0 Å². The van der Waals surface area contributed by atoms with Crippen LogP contribution >= 0.6 is 0 Å². The summed E-state index contributed by atoms with van der Waals surface area (Å²) in [6.07, 6.45) is -13.5. The van der Waals surface area contributed by atoms with Crippen molar-refractivity contribution in [2.75, 3.05) is 26.9 Å². The van der Waals surface area contributed by atoms with Gasteiger partial charge in [0.25, 0.3) is 0 Å². The molecule has 0 aromatic heterocycles. The molecule has 0 spiro atoms. The molecular weight excluding hydrogens is 1060 g/mol. The molecule has 0 amide bonds. The van der Waals surface area contributed by atoms with Crippen LogP contribution in [0.3, 0.4) is 0 Å². The van der Waals surface area contributed by atoms with Gasteiger partial charge in [-0.2, -0.15) is 0 Å². The molecule has 8 rings (SSSR count). The highest BCUT2D eigenvalue weighted by Gasteiger charge is 2.73. The molecule has 22 heteroatoms. The Morgan fingerprint density at radius 1 is 0.667 bits per heavy atom. The van der Waals surface area contributed by atoms with Crippen LogP contribution in [0.15, 0.2) is 34.9 Å². The minimum Gasteiger partial charge on any atom is -0.479 e. The van der Waals surface area contributed by atoms with Crippen LogP contribution in [0.5, 0.6) is 0 Å². The van der Waals surface area contributed by atoms with E-state index in [1.807, 2.05) is 0 Å². The van der Waals surface area contributed by atoms with Gasteiger partial charge in [0.1, 0.15) is 67.1 Å². The van der Waals surface area contributed by atoms with E-state index in [0.29, 0.717) is 41.7 Å². The molecule has 8 aliphatic rings. The minimum atomic E-state index is -1.97. The molecule has 25 atom stereocenters. The van der Waals surface area contributed by atoms with Crippen LogP contribution in [-0.2, 0) is 52.3 Å². The Morgan fingerprint density at radius 3 is 1.72 bits per heavy atom. The topological polar surface area (TPSA) is 348 Å². The molecule has 3 heterocycles. The van der Waals surface area contributed by atoms with Crippen LogP contribution in [0.2, 0.25) is 0 Å². The quantitative estimate of drug-likeness (QED) is 0.0715. The molecule has 3 saturated heterocycles. The van der Waals surface area contributed by atoms with Crippen LogP contribution in [0.4, 0.5) is 0 Å². The summed E-state index contributed by atoms with van der Waals surface area (Å²) < 4.78 is 44.5. The van der Waals surface area contributed by atoms with Crippen LogP contribution < -0.4 is 0 Å². The highest BCUT2D eigenvalue weighted by Crippen LogP contribution is 2.76. The van der Waals surface area contributed by atoms with Crippen molar-refractivity contribution in [1.29, 1.82) is 0 Å². The van der Waals surface area contributed by atoms with Crippen molar-refractivity contribution in [2.24, 2.45) is 56.2 Å². The fourth-order valence-corrected chi connectivity index (χ4v) is 16.1. The molecular formula is C59H94O22. The van der Waals surface area contributed by atoms with Gasteiger partial charge >= 0.3 is 17.9 Å². The summed E-state index contributed by atoms with van der Waals surface area (Å²) in [5.74, 6) is -0.994. The van der Waals surface area contributed by atoms with Crippen LogP contribution in [0.1, 0.15) is 128 Å². The largest absolute Gasteiger partial charge is 0.479 e. The predicted octanol–water partition coefficient (Wildman–Crippen LogP) is 2.18. The van der Waals surface area contributed by atoms with E-state index in [1.165, 1.54) is 24.8 Å². The van der Waals surface area contributed by atoms with E-state index < -0.39 is 146 Å². The van der Waals surface area contributed by atoms with Crippen molar-refractivity contribution in [1.82, 2.24) is 0 Å². The normalized spacial score (nSPS) is 47.4. The maximum Gasteiger partial charge on any atom is 0.335 e. The third kappa shape index (κ3) is 11.0. The van der Waals surface area contributed by atoms with Crippen molar-refractivity contribution in [3.63, 3.8) is 0 Å². The van der Waals surface area contributed by atoms with Crippen molar-refractivity contribution in [2.45, 2.75) is 232 Å². The number of carboxylic acid groups (broad SMARTS) is 1. The average Bonchev–Trinajstić information content (AvgIpc) is 2.50. The second kappa shape index (κ2) is 24.4. The van der Waals surface area contributed by atoms with Gasteiger partial charge < -0.3 is 94.1 Å². The Balaban J connectivity index is 0.000000246. The van der Waals surface area contributed by atoms with Gasteiger partial charge in [0, 0.05) is 23.7 Å². The number of carboxylic acids is 1. The summed E-state index contributed by atoms with van der Waals surface area (Å²) in [7, 11) is 1.11. The number of hydrogen-bond donors (Lipinski definition) is 11. The van der Waals surface area contributed by atoms with Gasteiger partial charge in [-0.25, -0.2) is 14.4 Å². The molecule has 0 aromatic rings. The molecule has 11 N–H and O–H groups in total. The van der Waals surface area contributed by atoms with Crippen LogP contribution in [-0.4, -0.2) is 205 Å². The zero-order chi connectivity index (χ0) is 60.4. The number of fused-ring (bicyclic) bond motifs is 7. The lowest BCUT2D eigenvalue weighted by molar-refractivity contribution is -0.374. The summed E-state index contributed by atoms with van der Waals surface area (Å²) >= 11 is 0. The van der Waals surface area contributed by atoms with Crippen molar-refractivity contribution in [3.8, 4) is 0 Å². The van der Waals surface area contributed by atoms with E-state index in [0.717, 1.165) is 20.0 Å². The highest BCUT2D eigenvalue weighted by molar-refractivity contribution is 5.89. The average molecular weight is 1160 g/mol. The smallest absolute Gasteiger partial charge is 0.335 e. The summed E-state index contributed by atoms with van der Waals surface area (Å²) in [5.41, 5.74) is 0.536.